The van der Waals surface area contributed by atoms with Crippen molar-refractivity contribution < 1.29 is 0 Å². The summed E-state index contributed by atoms with van der Waals surface area (Å²) in [7, 11) is 0. The first-order valence-corrected chi connectivity index (χ1v) is 5.87. The minimum atomic E-state index is 0.529. The van der Waals surface area contributed by atoms with Gasteiger partial charge in [0.2, 0.25) is 0 Å². The van der Waals surface area contributed by atoms with E-state index in [2.05, 4.69) is 17.2 Å². The van der Waals surface area contributed by atoms with Gasteiger partial charge in [0.15, 0.2) is 5.96 Å². The van der Waals surface area contributed by atoms with Crippen molar-refractivity contribution in [1.82, 2.24) is 5.32 Å². The van der Waals surface area contributed by atoms with Crippen molar-refractivity contribution in [3.05, 3.63) is 0 Å². The Hall–Kier alpha value is -0.730. The molecule has 1 atom stereocenters. The lowest BCUT2D eigenvalue weighted by Gasteiger charge is -2.16. The maximum atomic E-state index is 5.83. The summed E-state index contributed by atoms with van der Waals surface area (Å²) < 4.78 is 0. The van der Waals surface area contributed by atoms with Crippen LogP contribution in [-0.4, -0.2) is 18.0 Å². The van der Waals surface area contributed by atoms with Gasteiger partial charge in [-0.25, -0.2) is 0 Å². The van der Waals surface area contributed by atoms with Crippen LogP contribution in [0, 0.1) is 5.92 Å². The standard InChI is InChI=1S/C11H21N3/c1-2-9(7-8-3-4-8)13-11(12)14-10-5-6-10/h8-10H,2-7H2,1H3,(H3,12,13,14). The molecule has 0 amide bonds. The smallest absolute Gasteiger partial charge is 0.189 e. The summed E-state index contributed by atoms with van der Waals surface area (Å²) in [6.45, 7) is 2.21. The molecule has 2 rings (SSSR count). The summed E-state index contributed by atoms with van der Waals surface area (Å²) in [5, 5.41) is 3.34. The molecule has 1 unspecified atom stereocenters. The Labute approximate surface area is 86.2 Å². The maximum absolute atomic E-state index is 5.83. The number of nitrogens with one attached hydrogen (secondary N) is 1. The topological polar surface area (TPSA) is 50.4 Å². The van der Waals surface area contributed by atoms with Crippen molar-refractivity contribution in [3.8, 4) is 0 Å². The number of rotatable bonds is 5. The third kappa shape index (κ3) is 3.20. The number of hydrogen-bond donors (Lipinski definition) is 2. The van der Waals surface area contributed by atoms with Gasteiger partial charge in [0.25, 0.3) is 0 Å². The monoisotopic (exact) mass is 195 g/mol. The summed E-state index contributed by atoms with van der Waals surface area (Å²) >= 11 is 0. The predicted octanol–water partition coefficient (Wildman–Crippen LogP) is 1.63. The third-order valence-corrected chi connectivity index (χ3v) is 3.03. The molecule has 14 heavy (non-hydrogen) atoms. The molecule has 2 aliphatic carbocycles. The second-order valence-corrected chi connectivity index (χ2v) is 4.67. The van der Waals surface area contributed by atoms with Crippen LogP contribution in [0.5, 0.6) is 0 Å². The minimum absolute atomic E-state index is 0.529. The first-order valence-electron chi connectivity index (χ1n) is 5.87. The van der Waals surface area contributed by atoms with Gasteiger partial charge in [0.1, 0.15) is 0 Å². The zero-order valence-corrected chi connectivity index (χ0v) is 9.00. The van der Waals surface area contributed by atoms with E-state index in [1.165, 1.54) is 32.1 Å². The number of nitrogens with two attached hydrogens (primary N) is 1. The highest BCUT2D eigenvalue weighted by molar-refractivity contribution is 5.78. The number of guanidine groups is 1. The Kier molecular flexibility index (Phi) is 2.94. The lowest BCUT2D eigenvalue weighted by Crippen LogP contribution is -2.40. The Morgan fingerprint density at radius 3 is 2.64 bits per heavy atom. The molecule has 0 aromatic heterocycles. The lowest BCUT2D eigenvalue weighted by molar-refractivity contribution is 0.508. The molecular weight excluding hydrogens is 174 g/mol. The molecule has 0 aromatic carbocycles. The summed E-state index contributed by atoms with van der Waals surface area (Å²) in [5.41, 5.74) is 5.83. The van der Waals surface area contributed by atoms with E-state index in [1.807, 2.05) is 0 Å². The van der Waals surface area contributed by atoms with E-state index in [0.717, 1.165) is 12.3 Å². The minimum Gasteiger partial charge on any atom is -0.370 e. The van der Waals surface area contributed by atoms with Gasteiger partial charge in [-0.3, -0.25) is 4.99 Å². The molecule has 0 saturated heterocycles. The van der Waals surface area contributed by atoms with Gasteiger partial charge in [-0.05, 0) is 31.6 Å². The van der Waals surface area contributed by atoms with Gasteiger partial charge < -0.3 is 11.1 Å². The average molecular weight is 195 g/mol. The van der Waals surface area contributed by atoms with Crippen molar-refractivity contribution in [2.75, 3.05) is 0 Å². The van der Waals surface area contributed by atoms with E-state index < -0.39 is 0 Å². The summed E-state index contributed by atoms with van der Waals surface area (Å²) in [4.78, 5) is 4.39. The zero-order chi connectivity index (χ0) is 9.97. The van der Waals surface area contributed by atoms with Crippen LogP contribution in [0.15, 0.2) is 4.99 Å². The first kappa shape index (κ1) is 9.81. The van der Waals surface area contributed by atoms with Crippen LogP contribution in [-0.2, 0) is 0 Å². The van der Waals surface area contributed by atoms with E-state index >= 15 is 0 Å². The largest absolute Gasteiger partial charge is 0.370 e. The van der Waals surface area contributed by atoms with Crippen molar-refractivity contribution in [2.24, 2.45) is 16.6 Å². The molecule has 2 aliphatic rings. The maximum Gasteiger partial charge on any atom is 0.189 e. The zero-order valence-electron chi connectivity index (χ0n) is 9.00. The molecule has 0 aliphatic heterocycles. The second-order valence-electron chi connectivity index (χ2n) is 4.67. The molecule has 0 aromatic rings. The van der Waals surface area contributed by atoms with Crippen LogP contribution in [0.2, 0.25) is 0 Å². The Bertz CT molecular complexity index is 217. The fraction of sp³-hybridized carbons (Fsp3) is 0.909. The molecular formula is C11H21N3. The molecule has 0 bridgehead atoms. The molecule has 3 nitrogen and oxygen atoms in total. The summed E-state index contributed by atoms with van der Waals surface area (Å²) in [5.74, 6) is 1.63. The normalized spacial score (nSPS) is 24.8. The van der Waals surface area contributed by atoms with Gasteiger partial charge in [-0.2, -0.15) is 0 Å². The van der Waals surface area contributed by atoms with E-state index in [0.29, 0.717) is 18.0 Å². The highest BCUT2D eigenvalue weighted by Crippen LogP contribution is 2.34. The molecule has 0 heterocycles. The Morgan fingerprint density at radius 1 is 1.43 bits per heavy atom. The van der Waals surface area contributed by atoms with E-state index in [1.54, 1.807) is 0 Å². The van der Waals surface area contributed by atoms with Crippen LogP contribution >= 0.6 is 0 Å². The Balaban J connectivity index is 1.73. The first-order chi connectivity index (χ1) is 6.78. The highest BCUT2D eigenvalue weighted by atomic mass is 15.1. The van der Waals surface area contributed by atoms with Crippen LogP contribution in [0.4, 0.5) is 0 Å². The lowest BCUT2D eigenvalue weighted by atomic mass is 10.1. The predicted molar refractivity (Wildman–Crippen MR) is 59.2 cm³/mol. The molecule has 2 saturated carbocycles. The average Bonchev–Trinajstić information content (AvgIpc) is 2.97. The molecule has 0 spiro atoms. The fourth-order valence-electron chi connectivity index (χ4n) is 1.73. The molecule has 0 radical (unpaired) electrons. The van der Waals surface area contributed by atoms with Crippen molar-refractivity contribution in [2.45, 2.75) is 57.5 Å². The number of nitrogens with zero attached hydrogens (tertiary/aromatic N) is 1. The third-order valence-electron chi connectivity index (χ3n) is 3.03. The summed E-state index contributed by atoms with van der Waals surface area (Å²) in [6.07, 6.45) is 7.70. The van der Waals surface area contributed by atoms with Crippen molar-refractivity contribution in [1.29, 1.82) is 0 Å². The van der Waals surface area contributed by atoms with Crippen LogP contribution in [0.25, 0.3) is 0 Å². The van der Waals surface area contributed by atoms with Crippen LogP contribution in [0.1, 0.15) is 45.4 Å². The van der Waals surface area contributed by atoms with Gasteiger partial charge in [-0.15, -0.1) is 0 Å². The molecule has 80 valence electrons. The van der Waals surface area contributed by atoms with Gasteiger partial charge >= 0.3 is 0 Å². The number of hydrogen-bond acceptors (Lipinski definition) is 1. The number of aliphatic imine (C=N–C) groups is 1. The Morgan fingerprint density at radius 2 is 2.14 bits per heavy atom. The molecule has 3 N–H and O–H groups in total. The fourth-order valence-corrected chi connectivity index (χ4v) is 1.73. The van der Waals surface area contributed by atoms with Crippen LogP contribution in [0.3, 0.4) is 0 Å². The summed E-state index contributed by atoms with van der Waals surface area (Å²) in [6, 6.07) is 1.07. The molecule has 2 fully saturated rings. The van der Waals surface area contributed by atoms with Crippen LogP contribution < -0.4 is 11.1 Å². The van der Waals surface area contributed by atoms with Crippen molar-refractivity contribution in [3.63, 3.8) is 0 Å². The molecule has 3 heteroatoms. The SMILES string of the molecule is CCC(CC1CC1)NC(N)=NC1CC1. The second kappa shape index (κ2) is 4.20. The highest BCUT2D eigenvalue weighted by Gasteiger charge is 2.25. The van der Waals surface area contributed by atoms with Gasteiger partial charge in [0, 0.05) is 6.04 Å². The quantitative estimate of drug-likeness (QED) is 0.517. The van der Waals surface area contributed by atoms with E-state index in [-0.39, 0.29) is 0 Å². The van der Waals surface area contributed by atoms with Gasteiger partial charge in [0.05, 0.1) is 6.04 Å². The van der Waals surface area contributed by atoms with Crippen molar-refractivity contribution >= 4 is 5.96 Å². The van der Waals surface area contributed by atoms with E-state index in [9.17, 15) is 0 Å². The van der Waals surface area contributed by atoms with E-state index in [4.69, 9.17) is 5.73 Å². The van der Waals surface area contributed by atoms with Gasteiger partial charge in [-0.1, -0.05) is 19.8 Å².